The van der Waals surface area contributed by atoms with Crippen LogP contribution in [0.2, 0.25) is 5.02 Å². The summed E-state index contributed by atoms with van der Waals surface area (Å²) in [7, 11) is 1.87. The van der Waals surface area contributed by atoms with Gasteiger partial charge in [-0.1, -0.05) is 23.7 Å². The van der Waals surface area contributed by atoms with Crippen LogP contribution in [0.1, 0.15) is 11.1 Å². The molecule has 0 saturated heterocycles. The maximum absolute atomic E-state index is 12.0. The third-order valence-electron chi connectivity index (χ3n) is 3.05. The van der Waals surface area contributed by atoms with E-state index < -0.39 is 0 Å². The first-order chi connectivity index (χ1) is 10.6. The molecule has 1 N–H and O–H groups in total. The highest BCUT2D eigenvalue weighted by Gasteiger charge is 2.08. The van der Waals surface area contributed by atoms with E-state index in [2.05, 4.69) is 5.32 Å². The fraction of sp³-hybridized carbons (Fsp3) is 0.176. The third kappa shape index (κ3) is 4.88. The van der Waals surface area contributed by atoms with Crippen molar-refractivity contribution in [3.63, 3.8) is 0 Å². The van der Waals surface area contributed by atoms with E-state index >= 15 is 0 Å². The molecule has 112 valence electrons. The topological polar surface area (TPSA) is 56.1 Å². The van der Waals surface area contributed by atoms with Crippen LogP contribution < -0.4 is 5.32 Å². The second kappa shape index (κ2) is 7.60. The highest BCUT2D eigenvalue weighted by Crippen LogP contribution is 2.12. The van der Waals surface area contributed by atoms with Crippen LogP contribution >= 0.6 is 11.6 Å². The number of nitriles is 1. The summed E-state index contributed by atoms with van der Waals surface area (Å²) in [5, 5.41) is 12.2. The zero-order valence-corrected chi connectivity index (χ0v) is 13.0. The minimum absolute atomic E-state index is 0.103. The van der Waals surface area contributed by atoms with Gasteiger partial charge in [0.05, 0.1) is 18.2 Å². The number of carbonyl (C=O) groups is 1. The Morgan fingerprint density at radius 1 is 1.27 bits per heavy atom. The lowest BCUT2D eigenvalue weighted by Crippen LogP contribution is -2.29. The Kier molecular flexibility index (Phi) is 5.54. The Morgan fingerprint density at radius 2 is 2.00 bits per heavy atom. The fourth-order valence-electron chi connectivity index (χ4n) is 2.08. The van der Waals surface area contributed by atoms with Crippen molar-refractivity contribution in [1.29, 1.82) is 5.26 Å². The standard InChI is InChI=1S/C17H16ClN3O/c1-21(11-14-3-2-4-15(18)9-14)12-17(22)20-16-7-5-13(10-19)6-8-16/h2-9H,11-12H2,1H3,(H,20,22). The van der Waals surface area contributed by atoms with Gasteiger partial charge in [-0.15, -0.1) is 0 Å². The molecule has 22 heavy (non-hydrogen) atoms. The Morgan fingerprint density at radius 3 is 2.64 bits per heavy atom. The Hall–Kier alpha value is -2.35. The number of benzene rings is 2. The van der Waals surface area contributed by atoms with Crippen LogP contribution in [0.25, 0.3) is 0 Å². The van der Waals surface area contributed by atoms with E-state index in [-0.39, 0.29) is 12.5 Å². The highest BCUT2D eigenvalue weighted by atomic mass is 35.5. The number of nitrogens with one attached hydrogen (secondary N) is 1. The molecule has 0 aromatic heterocycles. The summed E-state index contributed by atoms with van der Waals surface area (Å²) in [6.07, 6.45) is 0. The monoisotopic (exact) mass is 313 g/mol. The lowest BCUT2D eigenvalue weighted by Gasteiger charge is -2.16. The molecule has 0 fully saturated rings. The zero-order chi connectivity index (χ0) is 15.9. The zero-order valence-electron chi connectivity index (χ0n) is 12.2. The maximum atomic E-state index is 12.0. The maximum Gasteiger partial charge on any atom is 0.238 e. The summed E-state index contributed by atoms with van der Waals surface area (Å²) < 4.78 is 0. The summed E-state index contributed by atoms with van der Waals surface area (Å²) in [4.78, 5) is 13.9. The van der Waals surface area contributed by atoms with Crippen molar-refractivity contribution in [3.8, 4) is 6.07 Å². The largest absolute Gasteiger partial charge is 0.325 e. The first kappa shape index (κ1) is 16.0. The van der Waals surface area contributed by atoms with E-state index in [0.717, 1.165) is 5.56 Å². The molecular weight excluding hydrogens is 298 g/mol. The number of nitrogens with zero attached hydrogens (tertiary/aromatic N) is 2. The van der Waals surface area contributed by atoms with Gasteiger partial charge in [0.15, 0.2) is 0 Å². The van der Waals surface area contributed by atoms with Crippen LogP contribution in [0.5, 0.6) is 0 Å². The molecule has 2 aromatic rings. The summed E-state index contributed by atoms with van der Waals surface area (Å²) in [6.45, 7) is 0.911. The molecule has 0 spiro atoms. The molecule has 0 radical (unpaired) electrons. The summed E-state index contributed by atoms with van der Waals surface area (Å²) in [5.41, 5.74) is 2.30. The Balaban J connectivity index is 1.87. The number of halogens is 1. The van der Waals surface area contributed by atoms with Crippen molar-refractivity contribution in [1.82, 2.24) is 4.90 Å². The van der Waals surface area contributed by atoms with E-state index in [1.165, 1.54) is 0 Å². The first-order valence-corrected chi connectivity index (χ1v) is 7.17. The van der Waals surface area contributed by atoms with Crippen molar-refractivity contribution in [3.05, 3.63) is 64.7 Å². The van der Waals surface area contributed by atoms with Gasteiger partial charge in [0, 0.05) is 17.3 Å². The van der Waals surface area contributed by atoms with E-state index in [9.17, 15) is 4.79 Å². The molecule has 0 atom stereocenters. The van der Waals surface area contributed by atoms with Gasteiger partial charge in [0.1, 0.15) is 0 Å². The molecule has 0 aliphatic carbocycles. The predicted octanol–water partition coefficient (Wildman–Crippen LogP) is 3.28. The number of carbonyl (C=O) groups excluding carboxylic acids is 1. The number of amides is 1. The minimum atomic E-state index is -0.103. The summed E-state index contributed by atoms with van der Waals surface area (Å²) in [5.74, 6) is -0.103. The molecule has 0 heterocycles. The number of rotatable bonds is 5. The van der Waals surface area contributed by atoms with Crippen molar-refractivity contribution < 1.29 is 4.79 Å². The van der Waals surface area contributed by atoms with Crippen LogP contribution in [-0.2, 0) is 11.3 Å². The van der Waals surface area contributed by atoms with E-state index in [4.69, 9.17) is 16.9 Å². The number of hydrogen-bond acceptors (Lipinski definition) is 3. The molecule has 1 amide bonds. The molecule has 0 unspecified atom stereocenters. The molecule has 0 saturated carbocycles. The lowest BCUT2D eigenvalue weighted by molar-refractivity contribution is -0.117. The Bertz CT molecular complexity index is 692. The van der Waals surface area contributed by atoms with Gasteiger partial charge in [0.2, 0.25) is 5.91 Å². The van der Waals surface area contributed by atoms with E-state index in [1.54, 1.807) is 24.3 Å². The molecule has 0 aliphatic heterocycles. The van der Waals surface area contributed by atoms with Crippen molar-refractivity contribution >= 4 is 23.2 Å². The predicted molar refractivity (Wildman–Crippen MR) is 87.6 cm³/mol. The lowest BCUT2D eigenvalue weighted by atomic mass is 10.2. The molecule has 2 rings (SSSR count). The number of likely N-dealkylation sites (N-methyl/N-ethyl adjacent to an activating group) is 1. The van der Waals surface area contributed by atoms with Crippen LogP contribution in [0.4, 0.5) is 5.69 Å². The highest BCUT2D eigenvalue weighted by molar-refractivity contribution is 6.30. The van der Waals surface area contributed by atoms with Crippen molar-refractivity contribution in [2.75, 3.05) is 18.9 Å². The third-order valence-corrected chi connectivity index (χ3v) is 3.29. The number of anilines is 1. The van der Waals surface area contributed by atoms with Crippen molar-refractivity contribution in [2.45, 2.75) is 6.54 Å². The second-order valence-corrected chi connectivity index (χ2v) is 5.48. The summed E-state index contributed by atoms with van der Waals surface area (Å²) >= 11 is 5.95. The average molecular weight is 314 g/mol. The normalized spacial score (nSPS) is 10.3. The molecule has 0 aliphatic rings. The van der Waals surface area contributed by atoms with Gasteiger partial charge in [0.25, 0.3) is 0 Å². The molecular formula is C17H16ClN3O. The van der Waals surface area contributed by atoms with Gasteiger partial charge in [-0.2, -0.15) is 5.26 Å². The number of hydrogen-bond donors (Lipinski definition) is 1. The van der Waals surface area contributed by atoms with Gasteiger partial charge in [-0.25, -0.2) is 0 Å². The SMILES string of the molecule is CN(CC(=O)Nc1ccc(C#N)cc1)Cc1cccc(Cl)c1. The average Bonchev–Trinajstić information content (AvgIpc) is 2.47. The molecule has 0 bridgehead atoms. The van der Waals surface area contributed by atoms with Gasteiger partial charge in [-0.05, 0) is 49.0 Å². The fourth-order valence-corrected chi connectivity index (χ4v) is 2.29. The van der Waals surface area contributed by atoms with Gasteiger partial charge in [-0.3, -0.25) is 9.69 Å². The molecule has 5 heteroatoms. The van der Waals surface area contributed by atoms with E-state index in [0.29, 0.717) is 22.8 Å². The first-order valence-electron chi connectivity index (χ1n) is 6.80. The summed E-state index contributed by atoms with van der Waals surface area (Å²) in [6, 6.07) is 16.4. The second-order valence-electron chi connectivity index (χ2n) is 5.04. The molecule has 2 aromatic carbocycles. The Labute approximate surface area is 134 Å². The van der Waals surface area contributed by atoms with Crippen LogP contribution in [0.15, 0.2) is 48.5 Å². The van der Waals surface area contributed by atoms with Gasteiger partial charge < -0.3 is 5.32 Å². The van der Waals surface area contributed by atoms with Crippen molar-refractivity contribution in [2.24, 2.45) is 0 Å². The van der Waals surface area contributed by atoms with E-state index in [1.807, 2.05) is 42.3 Å². The smallest absolute Gasteiger partial charge is 0.238 e. The van der Waals surface area contributed by atoms with Crippen LogP contribution in [0.3, 0.4) is 0 Å². The molecule has 4 nitrogen and oxygen atoms in total. The van der Waals surface area contributed by atoms with Crippen LogP contribution in [-0.4, -0.2) is 24.4 Å². The minimum Gasteiger partial charge on any atom is -0.325 e. The quantitative estimate of drug-likeness (QED) is 0.921. The van der Waals surface area contributed by atoms with Crippen LogP contribution in [0, 0.1) is 11.3 Å². The van der Waals surface area contributed by atoms with Gasteiger partial charge >= 0.3 is 0 Å².